The number of hydrogen-bond acceptors (Lipinski definition) is 3. The van der Waals surface area contributed by atoms with E-state index in [1.807, 2.05) is 0 Å². The van der Waals surface area contributed by atoms with E-state index in [4.69, 9.17) is 4.74 Å². The number of ether oxygens (including phenoxy) is 1. The van der Waals surface area contributed by atoms with E-state index < -0.39 is 0 Å². The highest BCUT2D eigenvalue weighted by Crippen LogP contribution is 2.37. The maximum Gasteiger partial charge on any atom is 0.228 e. The van der Waals surface area contributed by atoms with Crippen molar-refractivity contribution in [1.29, 1.82) is 0 Å². The summed E-state index contributed by atoms with van der Waals surface area (Å²) >= 11 is 0. The van der Waals surface area contributed by atoms with Gasteiger partial charge in [0.1, 0.15) is 0 Å². The number of nitrogens with one attached hydrogen (secondary N) is 1. The monoisotopic (exact) mass is 294 g/mol. The maximum absolute atomic E-state index is 13.1. The topological polar surface area (TPSA) is 41.6 Å². The normalized spacial score (nSPS) is 40.2. The zero-order chi connectivity index (χ0) is 15.0. The molecule has 1 aliphatic carbocycles. The van der Waals surface area contributed by atoms with Gasteiger partial charge in [0.25, 0.3) is 0 Å². The second kappa shape index (κ2) is 6.25. The van der Waals surface area contributed by atoms with E-state index >= 15 is 0 Å². The Balaban J connectivity index is 1.67. The summed E-state index contributed by atoms with van der Waals surface area (Å²) in [5, 5.41) is 3.58. The van der Waals surface area contributed by atoms with Crippen LogP contribution in [0.5, 0.6) is 0 Å². The van der Waals surface area contributed by atoms with Crippen LogP contribution in [0.3, 0.4) is 0 Å². The Bertz CT molecular complexity index is 377. The summed E-state index contributed by atoms with van der Waals surface area (Å²) in [6, 6.07) is 0.991. The lowest BCUT2D eigenvalue weighted by atomic mass is 9.88. The molecular formula is C17H30N2O2. The van der Waals surface area contributed by atoms with Crippen molar-refractivity contribution in [3.05, 3.63) is 0 Å². The van der Waals surface area contributed by atoms with Crippen molar-refractivity contribution in [3.63, 3.8) is 0 Å². The largest absolute Gasteiger partial charge is 0.374 e. The molecule has 0 aromatic carbocycles. The molecule has 21 heavy (non-hydrogen) atoms. The molecule has 120 valence electrons. The molecule has 2 saturated heterocycles. The summed E-state index contributed by atoms with van der Waals surface area (Å²) in [5.41, 5.74) is 0. The van der Waals surface area contributed by atoms with Crippen LogP contribution in [0, 0.1) is 11.8 Å². The molecule has 3 rings (SSSR count). The highest BCUT2D eigenvalue weighted by molar-refractivity contribution is 5.80. The zero-order valence-corrected chi connectivity index (χ0v) is 13.7. The molecule has 1 N–H and O–H groups in total. The van der Waals surface area contributed by atoms with Crippen LogP contribution in [0.25, 0.3) is 0 Å². The van der Waals surface area contributed by atoms with Gasteiger partial charge in [-0.1, -0.05) is 13.3 Å². The Hall–Kier alpha value is -0.610. The van der Waals surface area contributed by atoms with E-state index in [1.54, 1.807) is 0 Å². The SMILES string of the molecule is CC1OC(C)C(C(=O)N(CC2CCCCN2)C2CC2)C1C. The molecule has 0 bridgehead atoms. The number of hydrogen-bond donors (Lipinski definition) is 1. The predicted octanol–water partition coefficient (Wildman–Crippen LogP) is 2.18. The third-order valence-electron chi connectivity index (χ3n) is 5.63. The van der Waals surface area contributed by atoms with Crippen LogP contribution in [0.1, 0.15) is 52.9 Å². The van der Waals surface area contributed by atoms with Crippen molar-refractivity contribution < 1.29 is 9.53 Å². The average molecular weight is 294 g/mol. The Morgan fingerprint density at radius 3 is 2.43 bits per heavy atom. The zero-order valence-electron chi connectivity index (χ0n) is 13.7. The molecule has 0 aromatic heterocycles. The van der Waals surface area contributed by atoms with Crippen LogP contribution in [0.15, 0.2) is 0 Å². The third kappa shape index (κ3) is 3.26. The molecule has 2 aliphatic heterocycles. The lowest BCUT2D eigenvalue weighted by Gasteiger charge is -2.33. The molecular weight excluding hydrogens is 264 g/mol. The van der Waals surface area contributed by atoms with Gasteiger partial charge in [-0.3, -0.25) is 4.79 Å². The summed E-state index contributed by atoms with van der Waals surface area (Å²) in [6.45, 7) is 8.33. The van der Waals surface area contributed by atoms with Crippen LogP contribution in [0.4, 0.5) is 0 Å². The summed E-state index contributed by atoms with van der Waals surface area (Å²) in [5.74, 6) is 0.714. The van der Waals surface area contributed by atoms with Gasteiger partial charge in [-0.2, -0.15) is 0 Å². The van der Waals surface area contributed by atoms with Gasteiger partial charge >= 0.3 is 0 Å². The van der Waals surface area contributed by atoms with Gasteiger partial charge in [-0.25, -0.2) is 0 Å². The molecule has 4 nitrogen and oxygen atoms in total. The first-order valence-corrected chi connectivity index (χ1v) is 8.77. The van der Waals surface area contributed by atoms with Gasteiger partial charge in [-0.05, 0) is 52.0 Å². The smallest absolute Gasteiger partial charge is 0.228 e. The molecule has 1 amide bonds. The fourth-order valence-electron chi connectivity index (χ4n) is 4.01. The van der Waals surface area contributed by atoms with Gasteiger partial charge in [0.05, 0.1) is 18.1 Å². The van der Waals surface area contributed by atoms with Gasteiger partial charge in [-0.15, -0.1) is 0 Å². The van der Waals surface area contributed by atoms with Gasteiger partial charge in [0, 0.05) is 18.6 Å². The third-order valence-corrected chi connectivity index (χ3v) is 5.63. The van der Waals surface area contributed by atoms with Crippen LogP contribution in [-0.2, 0) is 9.53 Å². The summed E-state index contributed by atoms with van der Waals surface area (Å²) in [7, 11) is 0. The lowest BCUT2D eigenvalue weighted by Crippen LogP contribution is -2.49. The molecule has 5 unspecified atom stereocenters. The van der Waals surface area contributed by atoms with Crippen molar-refractivity contribution in [2.75, 3.05) is 13.1 Å². The minimum absolute atomic E-state index is 0.0455. The molecule has 4 heteroatoms. The van der Waals surface area contributed by atoms with E-state index in [1.165, 1.54) is 32.1 Å². The molecule has 0 radical (unpaired) electrons. The average Bonchev–Trinajstić information content (AvgIpc) is 3.26. The van der Waals surface area contributed by atoms with E-state index in [0.717, 1.165) is 13.1 Å². The molecule has 2 heterocycles. The van der Waals surface area contributed by atoms with E-state index in [-0.39, 0.29) is 18.1 Å². The second-order valence-electron chi connectivity index (χ2n) is 7.30. The van der Waals surface area contributed by atoms with Crippen molar-refractivity contribution in [2.45, 2.75) is 77.2 Å². The van der Waals surface area contributed by atoms with Crippen LogP contribution >= 0.6 is 0 Å². The molecule has 0 spiro atoms. The Labute approximate surface area is 128 Å². The van der Waals surface area contributed by atoms with Crippen LogP contribution in [-0.4, -0.2) is 48.2 Å². The van der Waals surface area contributed by atoms with Crippen molar-refractivity contribution in [2.24, 2.45) is 11.8 Å². The quantitative estimate of drug-likeness (QED) is 0.864. The second-order valence-corrected chi connectivity index (χ2v) is 7.30. The van der Waals surface area contributed by atoms with Crippen LogP contribution < -0.4 is 5.32 Å². The summed E-state index contributed by atoms with van der Waals surface area (Å²) < 4.78 is 5.88. The fraction of sp³-hybridized carbons (Fsp3) is 0.941. The Kier molecular flexibility index (Phi) is 4.55. The van der Waals surface area contributed by atoms with E-state index in [0.29, 0.717) is 23.9 Å². The molecule has 0 aromatic rings. The number of carbonyl (C=O) groups excluding carboxylic acids is 1. The molecule has 1 saturated carbocycles. The Morgan fingerprint density at radius 2 is 1.90 bits per heavy atom. The standard InChI is InChI=1S/C17H30N2O2/c1-11-12(2)21-13(3)16(11)17(20)19(15-7-8-15)10-14-6-4-5-9-18-14/h11-16,18H,4-10H2,1-3H3. The van der Waals surface area contributed by atoms with Crippen molar-refractivity contribution >= 4 is 5.91 Å². The van der Waals surface area contributed by atoms with Gasteiger partial charge in [0.2, 0.25) is 5.91 Å². The predicted molar refractivity (Wildman–Crippen MR) is 83.0 cm³/mol. The number of amides is 1. The van der Waals surface area contributed by atoms with Gasteiger partial charge in [0.15, 0.2) is 0 Å². The highest BCUT2D eigenvalue weighted by Gasteiger charge is 2.46. The lowest BCUT2D eigenvalue weighted by molar-refractivity contribution is -0.139. The van der Waals surface area contributed by atoms with Crippen molar-refractivity contribution in [3.8, 4) is 0 Å². The van der Waals surface area contributed by atoms with Crippen molar-refractivity contribution in [1.82, 2.24) is 10.2 Å². The first kappa shape index (κ1) is 15.3. The molecule has 3 fully saturated rings. The first-order valence-electron chi connectivity index (χ1n) is 8.77. The Morgan fingerprint density at radius 1 is 1.14 bits per heavy atom. The number of carbonyl (C=O) groups is 1. The van der Waals surface area contributed by atoms with E-state index in [2.05, 4.69) is 31.0 Å². The first-order chi connectivity index (χ1) is 10.1. The van der Waals surface area contributed by atoms with Gasteiger partial charge < -0.3 is 15.0 Å². The molecule has 3 aliphatic rings. The number of nitrogens with zero attached hydrogens (tertiary/aromatic N) is 1. The number of piperidine rings is 1. The summed E-state index contributed by atoms with van der Waals surface area (Å²) in [6.07, 6.45) is 6.40. The minimum atomic E-state index is 0.0455. The summed E-state index contributed by atoms with van der Waals surface area (Å²) in [4.78, 5) is 15.3. The fourth-order valence-corrected chi connectivity index (χ4v) is 4.01. The van der Waals surface area contributed by atoms with Crippen LogP contribution in [0.2, 0.25) is 0 Å². The van der Waals surface area contributed by atoms with E-state index in [9.17, 15) is 4.79 Å². The highest BCUT2D eigenvalue weighted by atomic mass is 16.5. The minimum Gasteiger partial charge on any atom is -0.374 e. The number of rotatable bonds is 4. The maximum atomic E-state index is 13.1. The molecule has 5 atom stereocenters.